The van der Waals surface area contributed by atoms with Gasteiger partial charge in [0, 0.05) is 20.1 Å². The summed E-state index contributed by atoms with van der Waals surface area (Å²) in [7, 11) is 3.34. The number of aliphatic carboxylic acids is 1. The third-order valence-corrected chi connectivity index (χ3v) is 7.19. The molecule has 1 N–H and O–H groups in total. The van der Waals surface area contributed by atoms with E-state index < -0.39 is 41.7 Å². The first-order valence-corrected chi connectivity index (χ1v) is 12.4. The lowest BCUT2D eigenvalue weighted by Crippen LogP contribution is -2.35. The zero-order valence-electron chi connectivity index (χ0n) is 20.8. The van der Waals surface area contributed by atoms with Crippen molar-refractivity contribution in [1.29, 1.82) is 0 Å². The molecule has 0 unspecified atom stereocenters. The summed E-state index contributed by atoms with van der Waals surface area (Å²) < 4.78 is 54.5. The molecule has 0 spiro atoms. The van der Waals surface area contributed by atoms with Crippen LogP contribution in [0.5, 0.6) is 5.75 Å². The van der Waals surface area contributed by atoms with Gasteiger partial charge in [-0.3, -0.25) is 4.79 Å². The number of hydrogen-bond acceptors (Lipinski definition) is 6. The van der Waals surface area contributed by atoms with E-state index in [1.165, 1.54) is 18.5 Å². The maximum Gasteiger partial charge on any atom is 0.437 e. The summed E-state index contributed by atoms with van der Waals surface area (Å²) in [5.41, 5.74) is -0.682. The first kappa shape index (κ1) is 26.7. The molecule has 12 heteroatoms. The van der Waals surface area contributed by atoms with Crippen LogP contribution in [0.1, 0.15) is 62.8 Å². The van der Waals surface area contributed by atoms with Crippen molar-refractivity contribution in [2.45, 2.75) is 76.3 Å². The maximum atomic E-state index is 14.0. The van der Waals surface area contributed by atoms with Crippen LogP contribution in [0.3, 0.4) is 0 Å². The number of aromatic nitrogens is 3. The molecule has 0 aliphatic heterocycles. The number of imidazole rings is 1. The molecule has 2 heterocycles. The highest BCUT2D eigenvalue weighted by Gasteiger charge is 2.39. The van der Waals surface area contributed by atoms with Crippen molar-refractivity contribution < 1.29 is 37.3 Å². The Morgan fingerprint density at radius 2 is 1.89 bits per heavy atom. The van der Waals surface area contributed by atoms with Gasteiger partial charge in [0.2, 0.25) is 0 Å². The number of hydrogen-bond donors (Lipinski definition) is 1. The van der Waals surface area contributed by atoms with Gasteiger partial charge in [0.05, 0.1) is 29.7 Å². The summed E-state index contributed by atoms with van der Waals surface area (Å²) in [6.45, 7) is -0.179. The average Bonchev–Trinajstić information content (AvgIpc) is 3.52. The number of halogens is 3. The van der Waals surface area contributed by atoms with Gasteiger partial charge in [-0.25, -0.2) is 14.8 Å². The van der Waals surface area contributed by atoms with Crippen molar-refractivity contribution in [1.82, 2.24) is 19.4 Å². The summed E-state index contributed by atoms with van der Waals surface area (Å²) in [4.78, 5) is 33.5. The quantitative estimate of drug-likeness (QED) is 0.541. The third kappa shape index (κ3) is 6.16. The molecule has 2 aliphatic rings. The molecule has 0 bridgehead atoms. The van der Waals surface area contributed by atoms with Gasteiger partial charge in [0.25, 0.3) is 0 Å². The molecular weight excluding hydrogens is 493 g/mol. The molecule has 0 aromatic carbocycles. The van der Waals surface area contributed by atoms with E-state index >= 15 is 0 Å². The average molecular weight is 525 g/mol. The molecule has 202 valence electrons. The van der Waals surface area contributed by atoms with Gasteiger partial charge < -0.3 is 24.0 Å². The highest BCUT2D eigenvalue weighted by molar-refractivity contribution is 5.70. The van der Waals surface area contributed by atoms with Crippen LogP contribution in [0.4, 0.5) is 18.0 Å². The lowest BCUT2D eigenvalue weighted by Gasteiger charge is -2.28. The zero-order valence-corrected chi connectivity index (χ0v) is 20.8. The van der Waals surface area contributed by atoms with Crippen molar-refractivity contribution in [2.24, 2.45) is 13.0 Å². The fourth-order valence-electron chi connectivity index (χ4n) is 5.04. The number of amides is 1. The van der Waals surface area contributed by atoms with Crippen molar-refractivity contribution >= 4 is 12.1 Å². The number of carbonyl (C=O) groups is 2. The predicted octanol–water partition coefficient (Wildman–Crippen LogP) is 5.03. The largest absolute Gasteiger partial charge is 0.488 e. The first-order chi connectivity index (χ1) is 17.5. The Balaban J connectivity index is 1.53. The highest BCUT2D eigenvalue weighted by Crippen LogP contribution is 2.38. The minimum Gasteiger partial charge on any atom is -0.488 e. The summed E-state index contributed by atoms with van der Waals surface area (Å²) in [5.74, 6) is -2.07. The van der Waals surface area contributed by atoms with Crippen LogP contribution < -0.4 is 4.74 Å². The van der Waals surface area contributed by atoms with E-state index in [-0.39, 0.29) is 30.5 Å². The number of carboxylic acids is 1. The number of nitrogens with zero attached hydrogens (tertiary/aromatic N) is 4. The topological polar surface area (TPSA) is 107 Å². The number of carboxylic acid groups (broad SMARTS) is 1. The van der Waals surface area contributed by atoms with Crippen LogP contribution >= 0.6 is 0 Å². The second kappa shape index (κ2) is 11.0. The molecule has 0 saturated heterocycles. The molecule has 9 nitrogen and oxygen atoms in total. The fourth-order valence-corrected chi connectivity index (χ4v) is 5.04. The number of ether oxygens (including phenoxy) is 2. The number of alkyl halides is 3. The van der Waals surface area contributed by atoms with Crippen LogP contribution in [-0.2, 0) is 29.4 Å². The Bertz CT molecular complexity index is 1130. The molecule has 0 radical (unpaired) electrons. The van der Waals surface area contributed by atoms with Gasteiger partial charge in [0.1, 0.15) is 12.3 Å². The van der Waals surface area contributed by atoms with E-state index in [0.29, 0.717) is 25.0 Å². The molecule has 4 rings (SSSR count). The fraction of sp³-hybridized carbons (Fsp3) is 0.600. The third-order valence-electron chi connectivity index (χ3n) is 7.19. The van der Waals surface area contributed by atoms with Crippen LogP contribution in [0.25, 0.3) is 11.4 Å². The smallest absolute Gasteiger partial charge is 0.437 e. The molecule has 2 saturated carbocycles. The Morgan fingerprint density at radius 3 is 2.57 bits per heavy atom. The van der Waals surface area contributed by atoms with Gasteiger partial charge in [-0.05, 0) is 50.7 Å². The Labute approximate surface area is 212 Å². The van der Waals surface area contributed by atoms with E-state index in [2.05, 4.69) is 9.97 Å². The number of aryl methyl sites for hydroxylation is 1. The van der Waals surface area contributed by atoms with Crippen LogP contribution in [-0.4, -0.2) is 55.8 Å². The van der Waals surface area contributed by atoms with Crippen LogP contribution in [0.15, 0.2) is 18.5 Å². The van der Waals surface area contributed by atoms with E-state index in [9.17, 15) is 27.9 Å². The first-order valence-electron chi connectivity index (χ1n) is 12.4. The Hall–Kier alpha value is -3.31. The van der Waals surface area contributed by atoms with Crippen molar-refractivity contribution in [2.75, 3.05) is 7.05 Å². The second-order valence-electron chi connectivity index (χ2n) is 9.74. The van der Waals surface area contributed by atoms with E-state index in [4.69, 9.17) is 9.47 Å². The lowest BCUT2D eigenvalue weighted by atomic mass is 9.87. The predicted molar refractivity (Wildman–Crippen MR) is 126 cm³/mol. The zero-order chi connectivity index (χ0) is 26.7. The SMILES string of the molecule is CN(C(=O)OCc1c(-c2ccc(O[C@H]3CCC[C@H](C(=O)O)C3)c(C(F)(F)F)n2)ncn1C)C1CCCC1. The second-order valence-corrected chi connectivity index (χ2v) is 9.74. The summed E-state index contributed by atoms with van der Waals surface area (Å²) >= 11 is 0. The number of rotatable bonds is 7. The maximum absolute atomic E-state index is 14.0. The molecular formula is C25H31F3N4O5. The minimum absolute atomic E-state index is 0.0393. The monoisotopic (exact) mass is 524 g/mol. The lowest BCUT2D eigenvalue weighted by molar-refractivity contribution is -0.146. The van der Waals surface area contributed by atoms with Crippen molar-refractivity contribution in [3.05, 3.63) is 29.8 Å². The standard InChI is InChI=1S/C25H31F3N4O5/c1-31-14-29-21(19(31)13-36-24(35)32(2)16-7-3-4-8-16)18-10-11-20(22(30-18)25(26,27)28)37-17-9-5-6-15(12-17)23(33)34/h10-11,14-17H,3-9,12-13H2,1-2H3,(H,33,34)/t15-,17-/m0/s1. The van der Waals surface area contributed by atoms with Gasteiger partial charge >= 0.3 is 18.2 Å². The van der Waals surface area contributed by atoms with Gasteiger partial charge in [-0.1, -0.05) is 12.8 Å². The molecule has 1 amide bonds. The number of pyridine rings is 1. The molecule has 2 fully saturated rings. The van der Waals surface area contributed by atoms with E-state index in [0.717, 1.165) is 25.7 Å². The van der Waals surface area contributed by atoms with Crippen LogP contribution in [0.2, 0.25) is 0 Å². The van der Waals surface area contributed by atoms with Crippen LogP contribution in [0, 0.1) is 5.92 Å². The highest BCUT2D eigenvalue weighted by atomic mass is 19.4. The Morgan fingerprint density at radius 1 is 1.16 bits per heavy atom. The summed E-state index contributed by atoms with van der Waals surface area (Å²) in [6, 6.07) is 2.69. The Kier molecular flexibility index (Phi) is 7.93. The van der Waals surface area contributed by atoms with E-state index in [1.54, 1.807) is 23.6 Å². The van der Waals surface area contributed by atoms with Gasteiger partial charge in [-0.15, -0.1) is 0 Å². The number of carbonyl (C=O) groups excluding carboxylic acids is 1. The molecule has 2 aromatic rings. The van der Waals surface area contributed by atoms with E-state index in [1.807, 2.05) is 0 Å². The summed E-state index contributed by atoms with van der Waals surface area (Å²) in [6.07, 6.45) is 1.05. The van der Waals surface area contributed by atoms with Gasteiger partial charge in [0.15, 0.2) is 11.4 Å². The molecule has 2 aliphatic carbocycles. The molecule has 2 aromatic heterocycles. The van der Waals surface area contributed by atoms with Gasteiger partial charge in [-0.2, -0.15) is 13.2 Å². The van der Waals surface area contributed by atoms with Crippen molar-refractivity contribution in [3.8, 4) is 17.1 Å². The normalized spacial score (nSPS) is 20.6. The van der Waals surface area contributed by atoms with Crippen molar-refractivity contribution in [3.63, 3.8) is 0 Å². The summed E-state index contributed by atoms with van der Waals surface area (Å²) in [5, 5.41) is 9.27. The molecule has 37 heavy (non-hydrogen) atoms. The minimum atomic E-state index is -4.81. The molecule has 2 atom stereocenters.